The van der Waals surface area contributed by atoms with Gasteiger partial charge in [0.1, 0.15) is 0 Å². The van der Waals surface area contributed by atoms with Crippen molar-refractivity contribution in [1.29, 1.82) is 0 Å². The van der Waals surface area contributed by atoms with Crippen molar-refractivity contribution in [2.45, 2.75) is 225 Å². The number of unbranched alkanes of at least 4 members (excludes halogenated alkanes) is 27. The van der Waals surface area contributed by atoms with Crippen molar-refractivity contribution in [1.82, 2.24) is 5.32 Å². The molecule has 5 N–H and O–H groups in total. The summed E-state index contributed by atoms with van der Waals surface area (Å²) in [6.45, 7) is 4.14. The fourth-order valence-corrected chi connectivity index (χ4v) is 7.18. The van der Waals surface area contributed by atoms with Crippen molar-refractivity contribution in [3.63, 3.8) is 0 Å². The third-order valence-electron chi connectivity index (χ3n) is 9.77. The molecule has 0 spiro atoms. The monoisotopic (exact) mass is 757 g/mol. The predicted molar refractivity (Wildman–Crippen MR) is 221 cm³/mol. The van der Waals surface area contributed by atoms with Crippen molar-refractivity contribution >= 4 is 13.7 Å². The van der Waals surface area contributed by atoms with Gasteiger partial charge < -0.3 is 21.1 Å². The maximum Gasteiger partial charge on any atom is 0.472 e. The second-order valence-electron chi connectivity index (χ2n) is 14.9. The van der Waals surface area contributed by atoms with E-state index in [4.69, 9.17) is 14.8 Å². The van der Waals surface area contributed by atoms with E-state index in [1.807, 2.05) is 6.08 Å². The van der Waals surface area contributed by atoms with Gasteiger partial charge in [-0.15, -0.1) is 0 Å². The third kappa shape index (κ3) is 37.3. The molecule has 0 aliphatic rings. The van der Waals surface area contributed by atoms with E-state index >= 15 is 0 Å². The van der Waals surface area contributed by atoms with Crippen LogP contribution in [0.2, 0.25) is 0 Å². The number of hydrogen-bond donors (Lipinski definition) is 4. The third-order valence-corrected chi connectivity index (χ3v) is 10.8. The van der Waals surface area contributed by atoms with Gasteiger partial charge in [0.15, 0.2) is 0 Å². The molecular formula is C43H85N2O6P. The minimum Gasteiger partial charge on any atom is -0.387 e. The molecule has 52 heavy (non-hydrogen) atoms. The summed E-state index contributed by atoms with van der Waals surface area (Å²) in [5, 5.41) is 13.7. The number of phosphoric ester groups is 1. The van der Waals surface area contributed by atoms with Crippen LogP contribution in [0.3, 0.4) is 0 Å². The molecule has 0 fully saturated rings. The predicted octanol–water partition coefficient (Wildman–Crippen LogP) is 12.2. The van der Waals surface area contributed by atoms with Crippen molar-refractivity contribution in [3.8, 4) is 0 Å². The van der Waals surface area contributed by atoms with Crippen molar-refractivity contribution in [2.24, 2.45) is 5.73 Å². The van der Waals surface area contributed by atoms with Gasteiger partial charge in [-0.2, -0.15) is 0 Å². The van der Waals surface area contributed by atoms with Crippen LogP contribution in [0.25, 0.3) is 0 Å². The summed E-state index contributed by atoms with van der Waals surface area (Å²) < 4.78 is 22.1. The number of carbonyl (C=O) groups is 1. The van der Waals surface area contributed by atoms with Gasteiger partial charge in [-0.3, -0.25) is 13.8 Å². The molecular weight excluding hydrogens is 671 g/mol. The van der Waals surface area contributed by atoms with E-state index in [0.717, 1.165) is 38.5 Å². The molecule has 0 bridgehead atoms. The molecule has 0 rings (SSSR count). The van der Waals surface area contributed by atoms with Crippen LogP contribution in [0.5, 0.6) is 0 Å². The molecule has 3 atom stereocenters. The number of amides is 1. The number of allylic oxidation sites excluding steroid dienone is 3. The van der Waals surface area contributed by atoms with E-state index in [1.54, 1.807) is 6.08 Å². The van der Waals surface area contributed by atoms with Gasteiger partial charge in [0.25, 0.3) is 0 Å². The molecule has 308 valence electrons. The quantitative estimate of drug-likeness (QED) is 0.0277. The molecule has 0 radical (unpaired) electrons. The summed E-state index contributed by atoms with van der Waals surface area (Å²) in [5.74, 6) is -0.198. The maximum atomic E-state index is 12.8. The van der Waals surface area contributed by atoms with Crippen molar-refractivity contribution < 1.29 is 28.4 Å². The van der Waals surface area contributed by atoms with E-state index in [-0.39, 0.29) is 25.7 Å². The van der Waals surface area contributed by atoms with Crippen molar-refractivity contribution in [3.05, 3.63) is 24.3 Å². The van der Waals surface area contributed by atoms with Gasteiger partial charge in [-0.25, -0.2) is 4.57 Å². The lowest BCUT2D eigenvalue weighted by Crippen LogP contribution is -2.45. The Bertz CT molecular complexity index is 871. The first-order valence-corrected chi connectivity index (χ1v) is 23.5. The Balaban J connectivity index is 4.21. The molecule has 0 aliphatic carbocycles. The topological polar surface area (TPSA) is 131 Å². The average Bonchev–Trinajstić information content (AvgIpc) is 3.13. The molecule has 1 amide bonds. The second-order valence-corrected chi connectivity index (χ2v) is 16.4. The Kier molecular flexibility index (Phi) is 38.9. The van der Waals surface area contributed by atoms with E-state index in [9.17, 15) is 19.4 Å². The molecule has 9 heteroatoms. The highest BCUT2D eigenvalue weighted by molar-refractivity contribution is 7.47. The van der Waals surface area contributed by atoms with E-state index in [2.05, 4.69) is 31.3 Å². The van der Waals surface area contributed by atoms with E-state index in [0.29, 0.717) is 6.42 Å². The number of carbonyl (C=O) groups excluding carboxylic acids is 1. The first-order valence-electron chi connectivity index (χ1n) is 22.0. The summed E-state index contributed by atoms with van der Waals surface area (Å²) in [6, 6.07) is -0.859. The molecule has 0 aromatic carbocycles. The van der Waals surface area contributed by atoms with Crippen LogP contribution in [-0.4, -0.2) is 47.8 Å². The number of hydrogen-bond acceptors (Lipinski definition) is 6. The highest BCUT2D eigenvalue weighted by atomic mass is 31.2. The lowest BCUT2D eigenvalue weighted by Gasteiger charge is -2.23. The lowest BCUT2D eigenvalue weighted by molar-refractivity contribution is -0.123. The largest absolute Gasteiger partial charge is 0.472 e. The smallest absolute Gasteiger partial charge is 0.387 e. The average molecular weight is 757 g/mol. The van der Waals surface area contributed by atoms with Crippen LogP contribution in [0.15, 0.2) is 24.3 Å². The Morgan fingerprint density at radius 3 is 1.42 bits per heavy atom. The standard InChI is InChI=1S/C43H85N2O6P/c1-3-5-7-9-11-13-15-17-19-20-21-23-25-27-29-31-33-35-37-43(47)45-41(40-51-52(48,49)50-39-38-44)42(46)36-34-32-30-28-26-24-22-18-16-14-12-10-8-6-4-2/h19-20,34,36,41-42,46H,3-18,21-33,35,37-40,44H2,1-2H3,(H,45,47)(H,48,49)/b20-19-,36-34+. The highest BCUT2D eigenvalue weighted by Gasteiger charge is 2.26. The Morgan fingerprint density at radius 2 is 1.00 bits per heavy atom. The zero-order valence-electron chi connectivity index (χ0n) is 34.1. The normalized spacial score (nSPS) is 14.3. The van der Waals surface area contributed by atoms with Crippen LogP contribution < -0.4 is 11.1 Å². The van der Waals surface area contributed by atoms with Gasteiger partial charge in [-0.1, -0.05) is 186 Å². The molecule has 0 saturated heterocycles. The van der Waals surface area contributed by atoms with Crippen LogP contribution in [0.4, 0.5) is 0 Å². The van der Waals surface area contributed by atoms with Gasteiger partial charge in [0.05, 0.1) is 25.4 Å². The SMILES string of the molecule is CCCCCCCCC/C=C\CCCCCCCCCC(=O)NC(COP(=O)(O)OCCN)C(O)/C=C/CCCCCCCCCCCCCCC. The number of aliphatic hydroxyl groups excluding tert-OH is 1. The Hall–Kier alpha value is -1.02. The minimum absolute atomic E-state index is 0.0787. The Labute approximate surface area is 321 Å². The molecule has 0 aromatic heterocycles. The van der Waals surface area contributed by atoms with Gasteiger partial charge in [0, 0.05) is 13.0 Å². The molecule has 8 nitrogen and oxygen atoms in total. The summed E-state index contributed by atoms with van der Waals surface area (Å²) >= 11 is 0. The molecule has 0 aromatic rings. The summed E-state index contributed by atoms with van der Waals surface area (Å²) in [5.41, 5.74) is 5.37. The highest BCUT2D eigenvalue weighted by Crippen LogP contribution is 2.43. The number of rotatable bonds is 41. The lowest BCUT2D eigenvalue weighted by atomic mass is 10.0. The second kappa shape index (κ2) is 39.7. The van der Waals surface area contributed by atoms with Gasteiger partial charge in [-0.05, 0) is 44.9 Å². The van der Waals surface area contributed by atoms with Crippen molar-refractivity contribution in [2.75, 3.05) is 19.8 Å². The zero-order chi connectivity index (χ0) is 38.2. The molecule has 0 saturated carbocycles. The number of nitrogens with two attached hydrogens (primary N) is 1. The summed E-state index contributed by atoms with van der Waals surface area (Å²) in [6.07, 6.45) is 45.1. The first kappa shape index (κ1) is 51.0. The number of nitrogens with one attached hydrogen (secondary N) is 1. The molecule has 3 unspecified atom stereocenters. The zero-order valence-corrected chi connectivity index (χ0v) is 35.0. The molecule has 0 aliphatic heterocycles. The van der Waals surface area contributed by atoms with Crippen LogP contribution in [0, 0.1) is 0 Å². The fraction of sp³-hybridized carbons (Fsp3) is 0.884. The fourth-order valence-electron chi connectivity index (χ4n) is 6.42. The minimum atomic E-state index is -4.34. The van der Waals surface area contributed by atoms with Gasteiger partial charge in [0.2, 0.25) is 5.91 Å². The summed E-state index contributed by atoms with van der Waals surface area (Å²) in [4.78, 5) is 22.7. The first-order chi connectivity index (χ1) is 25.4. The summed E-state index contributed by atoms with van der Waals surface area (Å²) in [7, 11) is -4.34. The van der Waals surface area contributed by atoms with Crippen LogP contribution in [-0.2, 0) is 18.4 Å². The van der Waals surface area contributed by atoms with E-state index < -0.39 is 20.0 Å². The van der Waals surface area contributed by atoms with Crippen LogP contribution in [0.1, 0.15) is 213 Å². The maximum absolute atomic E-state index is 12.8. The van der Waals surface area contributed by atoms with Gasteiger partial charge >= 0.3 is 7.82 Å². The Morgan fingerprint density at radius 1 is 0.615 bits per heavy atom. The molecule has 0 heterocycles. The number of aliphatic hydroxyl groups is 1. The van der Waals surface area contributed by atoms with Crippen LogP contribution >= 0.6 is 7.82 Å². The number of phosphoric acid groups is 1. The van der Waals surface area contributed by atoms with E-state index in [1.165, 1.54) is 154 Å².